The van der Waals surface area contributed by atoms with Crippen LogP contribution in [0.1, 0.15) is 32.7 Å². The maximum Gasteiger partial charge on any atom is 0.248 e. The monoisotopic (exact) mass is 334 g/mol. The number of hydrogen-bond acceptors (Lipinski definition) is 3. The Kier molecular flexibility index (Phi) is 4.57. The summed E-state index contributed by atoms with van der Waals surface area (Å²) >= 11 is 0. The number of nitriles is 1. The number of nitrogens with two attached hydrogens (primary N) is 1. The number of amides is 1. The number of hydrogen-bond donors (Lipinski definition) is 1. The van der Waals surface area contributed by atoms with Crippen molar-refractivity contribution in [3.63, 3.8) is 0 Å². The third-order valence-corrected chi connectivity index (χ3v) is 3.94. The molecule has 124 valence electrons. The molecule has 3 aromatic rings. The summed E-state index contributed by atoms with van der Waals surface area (Å²) in [6.07, 6.45) is 3.70. The topological polar surface area (TPSA) is 84.7 Å². The summed E-state index contributed by atoms with van der Waals surface area (Å²) in [6, 6.07) is 13.3. The maximum absolute atomic E-state index is 13.6. The lowest BCUT2D eigenvalue weighted by atomic mass is 10.0. The number of carbonyl (C=O) groups excluding carboxylic acids is 1. The molecular formula is C19H15FN4O. The quantitative estimate of drug-likeness (QED) is 0.778. The Morgan fingerprint density at radius 1 is 1.24 bits per heavy atom. The molecule has 6 heteroatoms. The van der Waals surface area contributed by atoms with Crippen molar-refractivity contribution in [1.29, 1.82) is 5.26 Å². The fourth-order valence-electron chi connectivity index (χ4n) is 2.66. The number of rotatable bonds is 5. The van der Waals surface area contributed by atoms with E-state index in [1.165, 1.54) is 18.2 Å². The summed E-state index contributed by atoms with van der Waals surface area (Å²) in [4.78, 5) is 15.7. The van der Waals surface area contributed by atoms with E-state index in [2.05, 4.69) is 11.1 Å². The standard InChI is InChI=1S/C19H15FN4O/c20-16-5-6-18(19(22)25)15(7-16)8-17-10-23-12-24(17)11-14-3-1-13(9-21)2-4-14/h1-7,10,12H,8,11H2,(H2,22,25). The van der Waals surface area contributed by atoms with E-state index in [4.69, 9.17) is 11.0 Å². The lowest BCUT2D eigenvalue weighted by molar-refractivity contribution is 0.0999. The van der Waals surface area contributed by atoms with Crippen molar-refractivity contribution in [2.75, 3.05) is 0 Å². The van der Waals surface area contributed by atoms with Gasteiger partial charge in [0.25, 0.3) is 0 Å². The summed E-state index contributed by atoms with van der Waals surface area (Å²) in [5, 5.41) is 8.85. The molecule has 0 aliphatic rings. The van der Waals surface area contributed by atoms with Gasteiger partial charge in [-0.3, -0.25) is 4.79 Å². The second kappa shape index (κ2) is 6.97. The van der Waals surface area contributed by atoms with E-state index in [0.29, 0.717) is 29.7 Å². The molecule has 0 aliphatic heterocycles. The van der Waals surface area contributed by atoms with Crippen molar-refractivity contribution in [3.05, 3.63) is 88.8 Å². The Morgan fingerprint density at radius 2 is 2.00 bits per heavy atom. The normalized spacial score (nSPS) is 10.4. The van der Waals surface area contributed by atoms with Gasteiger partial charge in [-0.25, -0.2) is 9.37 Å². The van der Waals surface area contributed by atoms with Crippen molar-refractivity contribution in [3.8, 4) is 6.07 Å². The summed E-state index contributed by atoms with van der Waals surface area (Å²) in [6.45, 7) is 0.558. The van der Waals surface area contributed by atoms with Gasteiger partial charge in [0.05, 0.1) is 18.0 Å². The van der Waals surface area contributed by atoms with Crippen molar-refractivity contribution in [2.45, 2.75) is 13.0 Å². The molecule has 0 fully saturated rings. The number of primary amides is 1. The van der Waals surface area contributed by atoms with Gasteiger partial charge in [-0.15, -0.1) is 0 Å². The zero-order valence-electron chi connectivity index (χ0n) is 13.3. The predicted octanol–water partition coefficient (Wildman–Crippen LogP) is 2.63. The van der Waals surface area contributed by atoms with Crippen LogP contribution in [0.4, 0.5) is 4.39 Å². The molecule has 1 heterocycles. The molecule has 0 aliphatic carbocycles. The Bertz CT molecular complexity index is 954. The van der Waals surface area contributed by atoms with Crippen LogP contribution in [-0.2, 0) is 13.0 Å². The summed E-state index contributed by atoms with van der Waals surface area (Å²) in [5.41, 5.74) is 8.63. The van der Waals surface area contributed by atoms with Crippen LogP contribution in [-0.4, -0.2) is 15.5 Å². The van der Waals surface area contributed by atoms with Crippen LogP contribution in [0, 0.1) is 17.1 Å². The molecular weight excluding hydrogens is 319 g/mol. The number of benzene rings is 2. The first-order chi connectivity index (χ1) is 12.1. The van der Waals surface area contributed by atoms with Crippen molar-refractivity contribution < 1.29 is 9.18 Å². The van der Waals surface area contributed by atoms with Crippen LogP contribution in [0.2, 0.25) is 0 Å². The van der Waals surface area contributed by atoms with E-state index in [0.717, 1.165) is 11.3 Å². The Balaban J connectivity index is 1.86. The van der Waals surface area contributed by atoms with Crippen LogP contribution in [0.5, 0.6) is 0 Å². The molecule has 0 saturated carbocycles. The summed E-state index contributed by atoms with van der Waals surface area (Å²) in [7, 11) is 0. The van der Waals surface area contributed by atoms with Crippen LogP contribution in [0.3, 0.4) is 0 Å². The van der Waals surface area contributed by atoms with E-state index in [-0.39, 0.29) is 0 Å². The van der Waals surface area contributed by atoms with E-state index in [9.17, 15) is 9.18 Å². The van der Waals surface area contributed by atoms with Gasteiger partial charge in [0, 0.05) is 30.4 Å². The number of carbonyl (C=O) groups is 1. The average Bonchev–Trinajstić information content (AvgIpc) is 3.02. The van der Waals surface area contributed by atoms with Gasteiger partial charge in [0.1, 0.15) is 5.82 Å². The molecule has 0 spiro atoms. The summed E-state index contributed by atoms with van der Waals surface area (Å²) < 4.78 is 15.5. The third-order valence-electron chi connectivity index (χ3n) is 3.94. The zero-order valence-corrected chi connectivity index (χ0v) is 13.3. The molecule has 3 rings (SSSR count). The average molecular weight is 334 g/mol. The molecule has 0 bridgehead atoms. The van der Waals surface area contributed by atoms with Gasteiger partial charge in [0.2, 0.25) is 5.91 Å². The van der Waals surface area contributed by atoms with Crippen molar-refractivity contribution in [2.24, 2.45) is 5.73 Å². The highest BCUT2D eigenvalue weighted by molar-refractivity contribution is 5.94. The third kappa shape index (κ3) is 3.72. The Labute approximate surface area is 144 Å². The minimum atomic E-state index is -0.590. The molecule has 25 heavy (non-hydrogen) atoms. The van der Waals surface area contributed by atoms with Crippen LogP contribution in [0.25, 0.3) is 0 Å². The lowest BCUT2D eigenvalue weighted by Gasteiger charge is -2.11. The van der Waals surface area contributed by atoms with Gasteiger partial charge < -0.3 is 10.3 Å². The molecule has 1 amide bonds. The molecule has 0 saturated heterocycles. The van der Waals surface area contributed by atoms with Gasteiger partial charge in [-0.1, -0.05) is 12.1 Å². The first kappa shape index (κ1) is 16.4. The number of aromatic nitrogens is 2. The second-order valence-corrected chi connectivity index (χ2v) is 5.66. The number of nitrogens with zero attached hydrogens (tertiary/aromatic N) is 3. The summed E-state index contributed by atoms with van der Waals surface area (Å²) in [5.74, 6) is -1.01. The molecule has 0 unspecified atom stereocenters. The highest BCUT2D eigenvalue weighted by atomic mass is 19.1. The molecule has 2 N–H and O–H groups in total. The SMILES string of the molecule is N#Cc1ccc(Cn2cncc2Cc2cc(F)ccc2C(N)=O)cc1. The van der Waals surface area contributed by atoms with E-state index >= 15 is 0 Å². The smallest absolute Gasteiger partial charge is 0.248 e. The van der Waals surface area contributed by atoms with Crippen LogP contribution in [0.15, 0.2) is 55.0 Å². The minimum absolute atomic E-state index is 0.299. The van der Waals surface area contributed by atoms with Gasteiger partial charge in [0.15, 0.2) is 0 Å². The first-order valence-corrected chi connectivity index (χ1v) is 7.63. The van der Waals surface area contributed by atoms with E-state index in [1.54, 1.807) is 24.7 Å². The highest BCUT2D eigenvalue weighted by Gasteiger charge is 2.12. The molecule has 0 radical (unpaired) electrons. The lowest BCUT2D eigenvalue weighted by Crippen LogP contribution is -2.15. The highest BCUT2D eigenvalue weighted by Crippen LogP contribution is 2.17. The van der Waals surface area contributed by atoms with Crippen molar-refractivity contribution >= 4 is 5.91 Å². The predicted molar refractivity (Wildman–Crippen MR) is 90.2 cm³/mol. The Hall–Kier alpha value is -3.46. The fourth-order valence-corrected chi connectivity index (χ4v) is 2.66. The van der Waals surface area contributed by atoms with Crippen molar-refractivity contribution in [1.82, 2.24) is 9.55 Å². The molecule has 5 nitrogen and oxygen atoms in total. The largest absolute Gasteiger partial charge is 0.366 e. The van der Waals surface area contributed by atoms with E-state index < -0.39 is 11.7 Å². The number of imidazole rings is 1. The molecule has 2 aromatic carbocycles. The Morgan fingerprint density at radius 3 is 2.68 bits per heavy atom. The zero-order chi connectivity index (χ0) is 17.8. The van der Waals surface area contributed by atoms with Crippen LogP contribution >= 0.6 is 0 Å². The van der Waals surface area contributed by atoms with Gasteiger partial charge in [-0.2, -0.15) is 5.26 Å². The fraction of sp³-hybridized carbons (Fsp3) is 0.105. The van der Waals surface area contributed by atoms with E-state index in [1.807, 2.05) is 16.7 Å². The number of halogens is 1. The van der Waals surface area contributed by atoms with Gasteiger partial charge in [-0.05, 0) is 41.5 Å². The minimum Gasteiger partial charge on any atom is -0.366 e. The first-order valence-electron chi connectivity index (χ1n) is 7.63. The van der Waals surface area contributed by atoms with Crippen LogP contribution < -0.4 is 5.73 Å². The maximum atomic E-state index is 13.6. The molecule has 0 atom stereocenters. The molecule has 1 aromatic heterocycles. The second-order valence-electron chi connectivity index (χ2n) is 5.66. The van der Waals surface area contributed by atoms with Gasteiger partial charge >= 0.3 is 0 Å².